The number of hydrogen-bond donors (Lipinski definition) is 2. The lowest BCUT2D eigenvalue weighted by Gasteiger charge is -2.25. The van der Waals surface area contributed by atoms with Gasteiger partial charge in [-0.05, 0) is 49.2 Å². The molecule has 1 fully saturated rings. The molecule has 1 aromatic carbocycles. The lowest BCUT2D eigenvalue weighted by molar-refractivity contribution is -0.119. The molecule has 0 aliphatic carbocycles. The highest BCUT2D eigenvalue weighted by molar-refractivity contribution is 7.99. The molecule has 0 saturated carbocycles. The van der Waals surface area contributed by atoms with Crippen molar-refractivity contribution in [2.45, 2.75) is 29.2 Å². The summed E-state index contributed by atoms with van der Waals surface area (Å²) in [5, 5.41) is 1.01. The second kappa shape index (κ2) is 10.3. The van der Waals surface area contributed by atoms with Crippen molar-refractivity contribution >= 4 is 45.2 Å². The third-order valence-electron chi connectivity index (χ3n) is 4.44. The molecule has 1 saturated heterocycles. The van der Waals surface area contributed by atoms with Crippen molar-refractivity contribution in [3.8, 4) is 0 Å². The summed E-state index contributed by atoms with van der Waals surface area (Å²) in [6.07, 6.45) is 4.09. The smallest absolute Gasteiger partial charge is 0.269 e. The van der Waals surface area contributed by atoms with Gasteiger partial charge in [-0.15, -0.1) is 0 Å². The molecule has 8 nitrogen and oxygen atoms in total. The lowest BCUT2D eigenvalue weighted by atomic mass is 10.2. The first kappa shape index (κ1) is 22.5. The summed E-state index contributed by atoms with van der Waals surface area (Å²) < 4.78 is 26.7. The number of amides is 2. The number of hydrogen-bond acceptors (Lipinski definition) is 6. The topological polar surface area (TPSA) is 108 Å². The van der Waals surface area contributed by atoms with Crippen molar-refractivity contribution in [2.75, 3.05) is 18.8 Å². The molecule has 160 valence electrons. The number of halogens is 1. The van der Waals surface area contributed by atoms with Crippen LogP contribution in [0.1, 0.15) is 29.6 Å². The van der Waals surface area contributed by atoms with E-state index in [1.54, 1.807) is 30.3 Å². The number of thioether (sulfide) groups is 1. The number of sulfonamides is 1. The highest BCUT2D eigenvalue weighted by Gasteiger charge is 2.26. The molecule has 30 heavy (non-hydrogen) atoms. The summed E-state index contributed by atoms with van der Waals surface area (Å²) in [4.78, 5) is 28.2. The van der Waals surface area contributed by atoms with Crippen LogP contribution < -0.4 is 10.9 Å². The SMILES string of the molecule is O=C(CSc1ccc(S(=O)(=O)N2CCCCC2)cn1)NNC(=O)c1ccc(Cl)cc1. The molecular formula is C19H21ClN4O4S2. The number of rotatable bonds is 6. The fourth-order valence-electron chi connectivity index (χ4n) is 2.83. The van der Waals surface area contributed by atoms with Gasteiger partial charge < -0.3 is 0 Å². The van der Waals surface area contributed by atoms with Gasteiger partial charge in [0.15, 0.2) is 0 Å². The summed E-state index contributed by atoms with van der Waals surface area (Å²) in [6, 6.07) is 9.31. The van der Waals surface area contributed by atoms with Crippen molar-refractivity contribution in [1.29, 1.82) is 0 Å². The van der Waals surface area contributed by atoms with Gasteiger partial charge in [0.05, 0.1) is 10.8 Å². The van der Waals surface area contributed by atoms with Gasteiger partial charge in [0.2, 0.25) is 15.9 Å². The number of benzene rings is 1. The minimum absolute atomic E-state index is 0.00607. The van der Waals surface area contributed by atoms with E-state index in [1.165, 1.54) is 16.6 Å². The van der Waals surface area contributed by atoms with Gasteiger partial charge in [0.25, 0.3) is 5.91 Å². The van der Waals surface area contributed by atoms with Crippen LogP contribution in [-0.4, -0.2) is 48.4 Å². The number of carbonyl (C=O) groups is 2. The number of aromatic nitrogens is 1. The van der Waals surface area contributed by atoms with Crippen molar-refractivity contribution in [3.05, 3.63) is 53.2 Å². The molecule has 2 heterocycles. The lowest BCUT2D eigenvalue weighted by Crippen LogP contribution is -2.42. The molecular weight excluding hydrogens is 448 g/mol. The maximum atomic E-state index is 12.6. The summed E-state index contributed by atoms with van der Waals surface area (Å²) in [6.45, 7) is 1.06. The van der Waals surface area contributed by atoms with E-state index >= 15 is 0 Å². The van der Waals surface area contributed by atoms with E-state index in [9.17, 15) is 18.0 Å². The minimum Gasteiger partial charge on any atom is -0.272 e. The second-order valence-corrected chi connectivity index (χ2v) is 9.96. The quantitative estimate of drug-likeness (QED) is 0.498. The normalized spacial score (nSPS) is 14.8. The highest BCUT2D eigenvalue weighted by Crippen LogP contribution is 2.22. The maximum absolute atomic E-state index is 12.6. The molecule has 1 aliphatic heterocycles. The van der Waals surface area contributed by atoms with Crippen LogP contribution in [0, 0.1) is 0 Å². The number of pyridine rings is 1. The Hall–Kier alpha value is -2.14. The first-order valence-corrected chi connectivity index (χ1v) is 12.1. The van der Waals surface area contributed by atoms with E-state index in [0.717, 1.165) is 31.0 Å². The summed E-state index contributed by atoms with van der Waals surface area (Å²) >= 11 is 6.90. The number of nitrogens with zero attached hydrogens (tertiary/aromatic N) is 2. The zero-order valence-corrected chi connectivity index (χ0v) is 18.4. The predicted octanol–water partition coefficient (Wildman–Crippen LogP) is 2.46. The highest BCUT2D eigenvalue weighted by atomic mass is 35.5. The second-order valence-electron chi connectivity index (χ2n) is 6.59. The van der Waals surface area contributed by atoms with E-state index < -0.39 is 21.8 Å². The van der Waals surface area contributed by atoms with Crippen LogP contribution in [-0.2, 0) is 14.8 Å². The maximum Gasteiger partial charge on any atom is 0.269 e. The summed E-state index contributed by atoms with van der Waals surface area (Å²) in [7, 11) is -3.53. The Balaban J connectivity index is 1.48. The Kier molecular flexibility index (Phi) is 7.70. The fraction of sp³-hybridized carbons (Fsp3) is 0.316. The Morgan fingerprint density at radius 2 is 1.73 bits per heavy atom. The average Bonchev–Trinajstić information content (AvgIpc) is 2.77. The number of carbonyl (C=O) groups excluding carboxylic acids is 2. The van der Waals surface area contributed by atoms with Crippen LogP contribution in [0.15, 0.2) is 52.5 Å². The Labute approximate surface area is 184 Å². The molecule has 3 rings (SSSR count). The third-order valence-corrected chi connectivity index (χ3v) is 7.51. The van der Waals surface area contributed by atoms with Crippen LogP contribution in [0.2, 0.25) is 5.02 Å². The number of piperidine rings is 1. The average molecular weight is 469 g/mol. The standard InChI is InChI=1S/C19H21ClN4O4S2/c20-15-6-4-14(5-7-15)19(26)23-22-17(25)13-29-18-9-8-16(12-21-18)30(27,28)24-10-2-1-3-11-24/h4-9,12H,1-3,10-11,13H2,(H,22,25)(H,23,26). The molecule has 0 unspecified atom stereocenters. The molecule has 1 aromatic heterocycles. The number of hydrazine groups is 1. The molecule has 0 spiro atoms. The molecule has 0 radical (unpaired) electrons. The Morgan fingerprint density at radius 1 is 1.03 bits per heavy atom. The largest absolute Gasteiger partial charge is 0.272 e. The molecule has 11 heteroatoms. The van der Waals surface area contributed by atoms with Gasteiger partial charge in [-0.1, -0.05) is 29.8 Å². The first-order chi connectivity index (χ1) is 14.4. The molecule has 2 aromatic rings. The van der Waals surface area contributed by atoms with Gasteiger partial charge in [0.1, 0.15) is 4.90 Å². The van der Waals surface area contributed by atoms with E-state index in [4.69, 9.17) is 11.6 Å². The van der Waals surface area contributed by atoms with E-state index in [2.05, 4.69) is 15.8 Å². The molecule has 2 N–H and O–H groups in total. The third kappa shape index (κ3) is 5.94. The molecule has 0 bridgehead atoms. The summed E-state index contributed by atoms with van der Waals surface area (Å²) in [5.41, 5.74) is 5.00. The van der Waals surface area contributed by atoms with Crippen LogP contribution in [0.25, 0.3) is 0 Å². The molecule has 1 aliphatic rings. The minimum atomic E-state index is -3.53. The predicted molar refractivity (Wildman–Crippen MR) is 115 cm³/mol. The van der Waals surface area contributed by atoms with Crippen molar-refractivity contribution in [3.63, 3.8) is 0 Å². The van der Waals surface area contributed by atoms with Gasteiger partial charge in [-0.3, -0.25) is 20.4 Å². The van der Waals surface area contributed by atoms with Crippen molar-refractivity contribution in [1.82, 2.24) is 20.1 Å². The Bertz CT molecular complexity index is 992. The fourth-order valence-corrected chi connectivity index (χ4v) is 5.07. The van der Waals surface area contributed by atoms with Crippen LogP contribution in [0.4, 0.5) is 0 Å². The van der Waals surface area contributed by atoms with Crippen LogP contribution in [0.3, 0.4) is 0 Å². The van der Waals surface area contributed by atoms with Crippen molar-refractivity contribution in [2.24, 2.45) is 0 Å². The van der Waals surface area contributed by atoms with Crippen molar-refractivity contribution < 1.29 is 18.0 Å². The van der Waals surface area contributed by atoms with Crippen LogP contribution in [0.5, 0.6) is 0 Å². The summed E-state index contributed by atoms with van der Waals surface area (Å²) in [5.74, 6) is -0.879. The van der Waals surface area contributed by atoms with E-state index in [0.29, 0.717) is 28.7 Å². The first-order valence-electron chi connectivity index (χ1n) is 9.30. The Morgan fingerprint density at radius 3 is 2.37 bits per heavy atom. The zero-order valence-electron chi connectivity index (χ0n) is 16.0. The van der Waals surface area contributed by atoms with E-state index in [1.807, 2.05) is 0 Å². The van der Waals surface area contributed by atoms with Gasteiger partial charge in [-0.25, -0.2) is 13.4 Å². The van der Waals surface area contributed by atoms with Gasteiger partial charge in [0, 0.05) is 29.9 Å². The van der Waals surface area contributed by atoms with Gasteiger partial charge in [-0.2, -0.15) is 4.31 Å². The molecule has 0 atom stereocenters. The van der Waals surface area contributed by atoms with E-state index in [-0.39, 0.29) is 10.6 Å². The van der Waals surface area contributed by atoms with Crippen LogP contribution >= 0.6 is 23.4 Å². The van der Waals surface area contributed by atoms with Gasteiger partial charge >= 0.3 is 0 Å². The monoisotopic (exact) mass is 468 g/mol. The zero-order chi connectivity index (χ0) is 21.6. The molecule has 2 amide bonds. The number of nitrogens with one attached hydrogen (secondary N) is 2.